The van der Waals surface area contributed by atoms with E-state index in [0.717, 1.165) is 65.2 Å². The Labute approximate surface area is 440 Å². The van der Waals surface area contributed by atoms with Crippen LogP contribution in [0.3, 0.4) is 0 Å². The lowest BCUT2D eigenvalue weighted by atomic mass is 10.0. The first kappa shape index (κ1) is 66.8. The Morgan fingerprint density at radius 3 is 2.19 bits per heavy atom. The van der Waals surface area contributed by atoms with Crippen molar-refractivity contribution in [3.8, 4) is 0 Å². The number of ether oxygens (including phenoxy) is 2. The molecule has 2 amide bonds. The summed E-state index contributed by atoms with van der Waals surface area (Å²) in [5, 5.41) is 10.2. The van der Waals surface area contributed by atoms with Gasteiger partial charge >= 0.3 is 16.8 Å². The van der Waals surface area contributed by atoms with E-state index in [0.29, 0.717) is 53.4 Å². The average Bonchev–Trinajstić information content (AvgIpc) is 3.60. The van der Waals surface area contributed by atoms with E-state index in [-0.39, 0.29) is 45.1 Å². The van der Waals surface area contributed by atoms with Gasteiger partial charge in [0.25, 0.3) is 5.91 Å². The lowest BCUT2D eigenvalue weighted by molar-refractivity contribution is -0.193. The van der Waals surface area contributed by atoms with E-state index in [4.69, 9.17) is 61.1 Å². The molecule has 1 aliphatic heterocycles. The smallest absolute Gasteiger partial charge is 0.325 e. The van der Waals surface area contributed by atoms with Crippen LogP contribution >= 0.6 is 77.1 Å². The maximum absolute atomic E-state index is 14.3. The number of carboxylic acids is 1. The van der Waals surface area contributed by atoms with Crippen LogP contribution in [0.4, 0.5) is 15.8 Å². The van der Waals surface area contributed by atoms with Crippen LogP contribution in [0.15, 0.2) is 70.3 Å². The molecule has 3 aromatic rings. The standard InChI is InChI=1S/C15H15ClFN3O3S2.C15H22ClNO2.C8H11Cl2NO.C3H8NO5P.C3H9S/c1-23-13(21)8-24-12-7-11(10(17)6-9(12)16)18-14-19-4-2-3-5-20(19)15(22)25-14;1-5-13-8-6-7-11(2)15(13)17(14(18)9-16)12(3)10-19-4;1-3-5-11(6-4-2)8(12)7(9)10;5-3(6)1-4-2-10(7,8)9;1-4(2)3/h6-7H,2-5,8H2,1H3;6-8,12H,5,9-10H2,1-4H3;3-4,7H,1-2,5-6H2;4H,1-2H2,(H,5,6)(H2,7,8,9);1-3H3/q;;;;+1/p-1/b18-14-;;;;. The van der Waals surface area contributed by atoms with Gasteiger partial charge < -0.3 is 38.7 Å². The molecule has 2 heterocycles. The Bertz CT molecular complexity index is 2320. The van der Waals surface area contributed by atoms with E-state index >= 15 is 0 Å². The molecule has 1 aliphatic rings. The topological polar surface area (TPSA) is 225 Å². The average molecular weight is 1140 g/mol. The molecule has 0 radical (unpaired) electrons. The molecular weight excluding hydrogens is 1080 g/mol. The molecule has 70 heavy (non-hydrogen) atoms. The summed E-state index contributed by atoms with van der Waals surface area (Å²) in [5.41, 5.74) is 3.29. The molecule has 0 spiro atoms. The van der Waals surface area contributed by atoms with E-state index in [9.17, 15) is 37.8 Å². The fourth-order valence-electron chi connectivity index (χ4n) is 5.76. The number of methoxy groups -OCH3 is 2. The number of aryl methyl sites for hydroxylation is 2. The minimum absolute atomic E-state index is 0.0223. The second-order valence-corrected chi connectivity index (χ2v) is 22.7. The number of rotatable bonds is 19. The van der Waals surface area contributed by atoms with E-state index in [1.807, 2.05) is 31.3 Å². The predicted octanol–water partition coefficient (Wildman–Crippen LogP) is 6.61. The number of esters is 1. The van der Waals surface area contributed by atoms with Crippen LogP contribution in [-0.2, 0) is 63.6 Å². The van der Waals surface area contributed by atoms with Gasteiger partial charge in [-0.15, -0.1) is 36.5 Å². The second-order valence-electron chi connectivity index (χ2n) is 14.9. The first-order valence-corrected chi connectivity index (χ1v) is 28.9. The van der Waals surface area contributed by atoms with Crippen LogP contribution in [0.5, 0.6) is 0 Å². The highest BCUT2D eigenvalue weighted by Gasteiger charge is 2.25. The van der Waals surface area contributed by atoms with Gasteiger partial charge in [0.1, 0.15) is 25.0 Å². The fourth-order valence-corrected chi connectivity index (χ4v) is 8.55. The van der Waals surface area contributed by atoms with Crippen molar-refractivity contribution in [2.75, 3.05) is 82.0 Å². The molecule has 3 N–H and O–H groups in total. The molecule has 1 aromatic heterocycles. The summed E-state index contributed by atoms with van der Waals surface area (Å²) in [5.74, 6) is -2.53. The van der Waals surface area contributed by atoms with Crippen LogP contribution in [0, 0.1) is 12.7 Å². The van der Waals surface area contributed by atoms with Crippen LogP contribution in [-0.4, -0.2) is 136 Å². The van der Waals surface area contributed by atoms with Gasteiger partial charge in [0.05, 0.1) is 67.8 Å². The van der Waals surface area contributed by atoms with Crippen molar-refractivity contribution in [1.29, 1.82) is 0 Å². The molecule has 2 unspecified atom stereocenters. The number of hydrogen-bond acceptors (Lipinski definition) is 13. The lowest BCUT2D eigenvalue weighted by Crippen LogP contribution is -2.43. The first-order chi connectivity index (χ1) is 32.8. The van der Waals surface area contributed by atoms with Crippen LogP contribution in [0.25, 0.3) is 0 Å². The molecule has 394 valence electrons. The minimum atomic E-state index is -4.35. The van der Waals surface area contributed by atoms with E-state index in [2.05, 4.69) is 54.6 Å². The van der Waals surface area contributed by atoms with Gasteiger partial charge in [-0.2, -0.15) is 0 Å². The number of carboxylic acid groups (broad SMARTS) is 1. The molecular formula is C44H64Cl4FN6O11PS3. The molecule has 2 aromatic carbocycles. The van der Waals surface area contributed by atoms with Gasteiger partial charge in [-0.3, -0.25) is 34.0 Å². The second kappa shape index (κ2) is 35.9. The SMILES string of the molecule is C=CCN(CC=C)C(=O)C(Cl)Cl.CCc1cccc(C)c1N(C(=O)CCl)C(C)COC.COC(=O)CSc1cc(/N=c2\sc(=O)n3n2CCCC3)c(F)cc1Cl.C[S+](C)C.O=C(O)CNCP(=O)([O-])O. The Kier molecular flexibility index (Phi) is 34.2. The largest absolute Gasteiger partial charge is 0.778 e. The van der Waals surface area contributed by atoms with Gasteiger partial charge in [-0.1, -0.05) is 72.1 Å². The Hall–Kier alpha value is -3.18. The number of aromatic nitrogens is 2. The summed E-state index contributed by atoms with van der Waals surface area (Å²) >= 11 is 24.7. The van der Waals surface area contributed by atoms with E-state index in [1.165, 1.54) is 18.1 Å². The van der Waals surface area contributed by atoms with Crippen molar-refractivity contribution in [2.45, 2.75) is 68.9 Å². The number of benzene rings is 2. The van der Waals surface area contributed by atoms with Crippen LogP contribution < -0.4 is 24.8 Å². The first-order valence-electron chi connectivity index (χ1n) is 21.1. The molecule has 0 saturated heterocycles. The summed E-state index contributed by atoms with van der Waals surface area (Å²) in [7, 11) is -0.773. The lowest BCUT2D eigenvalue weighted by Gasteiger charge is -2.31. The molecule has 4 rings (SSSR count). The highest BCUT2D eigenvalue weighted by atomic mass is 35.5. The zero-order valence-corrected chi connectivity index (χ0v) is 46.8. The summed E-state index contributed by atoms with van der Waals surface area (Å²) in [6.07, 6.45) is 11.9. The third-order valence-electron chi connectivity index (χ3n) is 8.64. The molecule has 2 atom stereocenters. The number of thioether (sulfide) groups is 1. The molecule has 0 fully saturated rings. The zero-order valence-electron chi connectivity index (χ0n) is 40.5. The van der Waals surface area contributed by atoms with Gasteiger partial charge in [0.2, 0.25) is 10.7 Å². The summed E-state index contributed by atoms with van der Waals surface area (Å²) in [6, 6.07) is 8.69. The summed E-state index contributed by atoms with van der Waals surface area (Å²) in [6.45, 7) is 15.3. The van der Waals surface area contributed by atoms with Gasteiger partial charge in [-0.25, -0.2) is 14.1 Å². The minimum Gasteiger partial charge on any atom is -0.778 e. The third-order valence-corrected chi connectivity index (χ3v) is 12.2. The number of alkyl halides is 3. The normalized spacial score (nSPS) is 13.0. The number of halogens is 5. The van der Waals surface area contributed by atoms with Gasteiger partial charge in [0, 0.05) is 38.2 Å². The van der Waals surface area contributed by atoms with Crippen LogP contribution in [0.1, 0.15) is 37.8 Å². The van der Waals surface area contributed by atoms with Gasteiger partial charge in [-0.05, 0) is 78.6 Å². The Morgan fingerprint density at radius 1 is 1.11 bits per heavy atom. The van der Waals surface area contributed by atoms with Crippen molar-refractivity contribution in [1.82, 2.24) is 19.6 Å². The van der Waals surface area contributed by atoms with Crippen molar-refractivity contribution in [3.05, 3.63) is 92.1 Å². The number of amides is 2. The number of carbonyl (C=O) groups is 4. The van der Waals surface area contributed by atoms with Gasteiger partial charge in [0.15, 0.2) is 4.84 Å². The molecule has 17 nitrogen and oxygen atoms in total. The molecule has 26 heteroatoms. The maximum Gasteiger partial charge on any atom is 0.325 e. The van der Waals surface area contributed by atoms with Crippen molar-refractivity contribution >= 4 is 123 Å². The van der Waals surface area contributed by atoms with Crippen molar-refractivity contribution < 1.29 is 52.5 Å². The molecule has 0 aliphatic carbocycles. The Balaban J connectivity index is 0.000000937. The van der Waals surface area contributed by atoms with E-state index < -0.39 is 43.0 Å². The number of nitrogens with zero attached hydrogens (tertiary/aromatic N) is 5. The number of anilines is 1. The molecule has 0 saturated carbocycles. The highest BCUT2D eigenvalue weighted by Crippen LogP contribution is 2.33. The zero-order chi connectivity index (χ0) is 53.7. The summed E-state index contributed by atoms with van der Waals surface area (Å²) in [4.78, 5) is 81.9. The number of para-hydroxylation sites is 1. The number of fused-ring (bicyclic) bond motifs is 1. The predicted molar refractivity (Wildman–Crippen MR) is 283 cm³/mol. The van der Waals surface area contributed by atoms with Crippen LogP contribution in [0.2, 0.25) is 5.02 Å². The summed E-state index contributed by atoms with van der Waals surface area (Å²) < 4.78 is 37.4. The Morgan fingerprint density at radius 2 is 1.70 bits per heavy atom. The van der Waals surface area contributed by atoms with Crippen molar-refractivity contribution in [3.63, 3.8) is 0 Å². The maximum atomic E-state index is 14.3. The highest BCUT2D eigenvalue weighted by molar-refractivity contribution is 8.00. The number of hydrogen-bond donors (Lipinski definition) is 3. The van der Waals surface area contributed by atoms with Crippen molar-refractivity contribution in [2.24, 2.45) is 4.99 Å². The third kappa shape index (κ3) is 26.0. The number of aliphatic carboxylic acids is 1. The fraction of sp³-hybridized carbons (Fsp3) is 0.500. The number of nitrogens with one attached hydrogen (secondary N) is 1. The monoisotopic (exact) mass is 1140 g/mol. The van der Waals surface area contributed by atoms with E-state index in [1.54, 1.807) is 33.5 Å². The number of carbonyl (C=O) groups excluding carboxylic acids is 3. The quantitative estimate of drug-likeness (QED) is 0.0287. The molecule has 0 bridgehead atoms.